The Labute approximate surface area is 125 Å². The first kappa shape index (κ1) is 14.3. The van der Waals surface area contributed by atoms with E-state index in [0.29, 0.717) is 19.8 Å². The lowest BCUT2D eigenvalue weighted by Crippen LogP contribution is -2.32. The van der Waals surface area contributed by atoms with Gasteiger partial charge in [-0.2, -0.15) is 0 Å². The van der Waals surface area contributed by atoms with E-state index in [0.717, 1.165) is 0 Å². The molecule has 0 aromatic heterocycles. The van der Waals surface area contributed by atoms with E-state index >= 15 is 0 Å². The van der Waals surface area contributed by atoms with Crippen molar-refractivity contribution in [3.8, 4) is 0 Å². The highest BCUT2D eigenvalue weighted by atomic mass is 16.7. The molecule has 2 aromatic rings. The second-order valence-electron chi connectivity index (χ2n) is 5.36. The summed E-state index contributed by atoms with van der Waals surface area (Å²) in [5, 5.41) is 3.47. The molecule has 0 saturated heterocycles. The Kier molecular flexibility index (Phi) is 4.65. The molecule has 3 nitrogen and oxygen atoms in total. The van der Waals surface area contributed by atoms with E-state index in [-0.39, 0.29) is 12.3 Å². The summed E-state index contributed by atoms with van der Waals surface area (Å²) in [6, 6.07) is 19.0. The molecule has 1 heterocycles. The molecule has 3 rings (SSSR count). The van der Waals surface area contributed by atoms with Crippen LogP contribution in [-0.4, -0.2) is 12.8 Å². The minimum atomic E-state index is -0.205. The molecule has 3 heteroatoms. The average Bonchev–Trinajstić information content (AvgIpc) is 2.76. The lowest BCUT2D eigenvalue weighted by atomic mass is 10.1. The summed E-state index contributed by atoms with van der Waals surface area (Å²) < 4.78 is 11.7. The smallest absolute Gasteiger partial charge is 0.170 e. The molecule has 1 aliphatic heterocycles. The number of fused-ring (bicyclic) bond motifs is 1. The minimum absolute atomic E-state index is 0.205. The molecule has 2 aromatic carbocycles. The van der Waals surface area contributed by atoms with Crippen LogP contribution in [0.1, 0.15) is 29.7 Å². The highest BCUT2D eigenvalue weighted by Crippen LogP contribution is 2.18. The van der Waals surface area contributed by atoms with Gasteiger partial charge in [-0.25, -0.2) is 0 Å². The SMILES string of the molecule is CC(NCC1OCc2ccccc2CO1)c1ccccc1. The van der Waals surface area contributed by atoms with Gasteiger partial charge >= 0.3 is 0 Å². The van der Waals surface area contributed by atoms with Crippen molar-refractivity contribution in [2.75, 3.05) is 6.54 Å². The van der Waals surface area contributed by atoms with Crippen molar-refractivity contribution in [3.05, 3.63) is 71.3 Å². The van der Waals surface area contributed by atoms with Crippen molar-refractivity contribution in [1.29, 1.82) is 0 Å². The Balaban J connectivity index is 1.53. The molecule has 1 N–H and O–H groups in total. The highest BCUT2D eigenvalue weighted by molar-refractivity contribution is 5.26. The number of nitrogens with one attached hydrogen (secondary N) is 1. The van der Waals surface area contributed by atoms with E-state index in [1.807, 2.05) is 18.2 Å². The Hall–Kier alpha value is -1.68. The maximum absolute atomic E-state index is 5.83. The van der Waals surface area contributed by atoms with Crippen molar-refractivity contribution in [2.45, 2.75) is 32.5 Å². The van der Waals surface area contributed by atoms with E-state index < -0.39 is 0 Å². The van der Waals surface area contributed by atoms with Gasteiger partial charge in [0.25, 0.3) is 0 Å². The van der Waals surface area contributed by atoms with Crippen LogP contribution < -0.4 is 5.32 Å². The highest BCUT2D eigenvalue weighted by Gasteiger charge is 2.17. The second-order valence-corrected chi connectivity index (χ2v) is 5.36. The maximum atomic E-state index is 5.83. The third-order valence-corrected chi connectivity index (χ3v) is 3.86. The van der Waals surface area contributed by atoms with E-state index in [1.165, 1.54) is 16.7 Å². The van der Waals surface area contributed by atoms with E-state index in [4.69, 9.17) is 9.47 Å². The van der Waals surface area contributed by atoms with Gasteiger partial charge in [0.1, 0.15) is 0 Å². The van der Waals surface area contributed by atoms with Crippen molar-refractivity contribution >= 4 is 0 Å². The second kappa shape index (κ2) is 6.85. The molecule has 0 aliphatic carbocycles. The topological polar surface area (TPSA) is 30.5 Å². The first-order valence-corrected chi connectivity index (χ1v) is 7.41. The van der Waals surface area contributed by atoms with Crippen molar-refractivity contribution in [1.82, 2.24) is 5.32 Å². The fraction of sp³-hybridized carbons (Fsp3) is 0.333. The molecule has 0 spiro atoms. The van der Waals surface area contributed by atoms with Crippen LogP contribution >= 0.6 is 0 Å². The van der Waals surface area contributed by atoms with Gasteiger partial charge in [0, 0.05) is 12.6 Å². The van der Waals surface area contributed by atoms with Crippen molar-refractivity contribution in [2.24, 2.45) is 0 Å². The minimum Gasteiger partial charge on any atom is -0.347 e. The summed E-state index contributed by atoms with van der Waals surface area (Å²) in [6.07, 6.45) is -0.205. The molecule has 0 fully saturated rings. The predicted octanol–water partition coefficient (Wildman–Crippen LogP) is 3.41. The largest absolute Gasteiger partial charge is 0.347 e. The fourth-order valence-electron chi connectivity index (χ4n) is 2.50. The summed E-state index contributed by atoms with van der Waals surface area (Å²) in [4.78, 5) is 0. The van der Waals surface area contributed by atoms with E-state index in [2.05, 4.69) is 48.6 Å². The lowest BCUT2D eigenvalue weighted by Gasteiger charge is -2.20. The van der Waals surface area contributed by atoms with Crippen LogP contribution in [-0.2, 0) is 22.7 Å². The quantitative estimate of drug-likeness (QED) is 0.932. The summed E-state index contributed by atoms with van der Waals surface area (Å²) in [6.45, 7) is 4.06. The van der Waals surface area contributed by atoms with Gasteiger partial charge in [-0.05, 0) is 23.6 Å². The first-order chi connectivity index (χ1) is 10.3. The van der Waals surface area contributed by atoms with Crippen LogP contribution in [0, 0.1) is 0 Å². The maximum Gasteiger partial charge on any atom is 0.170 e. The van der Waals surface area contributed by atoms with Crippen LogP contribution in [0.2, 0.25) is 0 Å². The number of ether oxygens (including phenoxy) is 2. The molecule has 0 amide bonds. The molecular formula is C18H21NO2. The fourth-order valence-corrected chi connectivity index (χ4v) is 2.50. The standard InChI is InChI=1S/C18H21NO2/c1-14(15-7-3-2-4-8-15)19-11-18-20-12-16-9-5-6-10-17(16)13-21-18/h2-10,14,18-19H,11-13H2,1H3. The van der Waals surface area contributed by atoms with Gasteiger partial charge in [0.05, 0.1) is 13.2 Å². The number of hydrogen-bond donors (Lipinski definition) is 1. The molecule has 1 unspecified atom stereocenters. The lowest BCUT2D eigenvalue weighted by molar-refractivity contribution is -0.146. The van der Waals surface area contributed by atoms with Gasteiger partial charge in [0.2, 0.25) is 0 Å². The van der Waals surface area contributed by atoms with E-state index in [1.54, 1.807) is 0 Å². The normalized spacial score (nSPS) is 17.0. The third kappa shape index (κ3) is 3.70. The Morgan fingerprint density at radius 2 is 1.52 bits per heavy atom. The Bertz CT molecular complexity index is 543. The zero-order valence-corrected chi connectivity index (χ0v) is 12.3. The summed E-state index contributed by atoms with van der Waals surface area (Å²) in [5.41, 5.74) is 3.71. The van der Waals surface area contributed by atoms with Crippen LogP contribution in [0.25, 0.3) is 0 Å². The average molecular weight is 283 g/mol. The molecule has 21 heavy (non-hydrogen) atoms. The number of hydrogen-bond acceptors (Lipinski definition) is 3. The summed E-state index contributed by atoms with van der Waals surface area (Å²) in [5.74, 6) is 0. The summed E-state index contributed by atoms with van der Waals surface area (Å²) in [7, 11) is 0. The van der Waals surface area contributed by atoms with Crippen LogP contribution in [0.3, 0.4) is 0 Å². The summed E-state index contributed by atoms with van der Waals surface area (Å²) >= 11 is 0. The van der Waals surface area contributed by atoms with Gasteiger partial charge < -0.3 is 14.8 Å². The van der Waals surface area contributed by atoms with Crippen LogP contribution in [0.15, 0.2) is 54.6 Å². The molecule has 1 atom stereocenters. The van der Waals surface area contributed by atoms with Crippen LogP contribution in [0.5, 0.6) is 0 Å². The zero-order valence-electron chi connectivity index (χ0n) is 12.3. The molecule has 0 radical (unpaired) electrons. The molecule has 1 aliphatic rings. The molecule has 110 valence electrons. The monoisotopic (exact) mass is 283 g/mol. The third-order valence-electron chi connectivity index (χ3n) is 3.86. The Morgan fingerprint density at radius 3 is 2.14 bits per heavy atom. The first-order valence-electron chi connectivity index (χ1n) is 7.41. The molecule has 0 bridgehead atoms. The van der Waals surface area contributed by atoms with Crippen molar-refractivity contribution in [3.63, 3.8) is 0 Å². The van der Waals surface area contributed by atoms with Crippen LogP contribution in [0.4, 0.5) is 0 Å². The van der Waals surface area contributed by atoms with Gasteiger partial charge in [0.15, 0.2) is 6.29 Å². The van der Waals surface area contributed by atoms with E-state index in [9.17, 15) is 0 Å². The van der Waals surface area contributed by atoms with Gasteiger partial charge in [-0.3, -0.25) is 0 Å². The van der Waals surface area contributed by atoms with Crippen molar-refractivity contribution < 1.29 is 9.47 Å². The molecule has 0 saturated carbocycles. The number of benzene rings is 2. The zero-order chi connectivity index (χ0) is 14.5. The predicted molar refractivity (Wildman–Crippen MR) is 82.7 cm³/mol. The molecular weight excluding hydrogens is 262 g/mol. The van der Waals surface area contributed by atoms with Gasteiger partial charge in [-0.15, -0.1) is 0 Å². The Morgan fingerprint density at radius 1 is 0.952 bits per heavy atom. The number of rotatable bonds is 4. The van der Waals surface area contributed by atoms with Gasteiger partial charge in [-0.1, -0.05) is 54.6 Å².